The minimum Gasteiger partial charge on any atom is -0.256 e. The van der Waals surface area contributed by atoms with Crippen LogP contribution in [0.2, 0.25) is 0 Å². The van der Waals surface area contributed by atoms with Crippen LogP contribution in [0, 0.1) is 6.20 Å². The highest BCUT2D eigenvalue weighted by molar-refractivity contribution is 5.67. The second kappa shape index (κ2) is 1.51. The molecule has 1 radical (unpaired) electrons. The van der Waals surface area contributed by atoms with Crippen molar-refractivity contribution in [2.45, 2.75) is 0 Å². The smallest absolute Gasteiger partial charge is 0.202 e. The van der Waals surface area contributed by atoms with Crippen LogP contribution in [-0.2, 0) is 0 Å². The zero-order valence-corrected chi connectivity index (χ0v) is 4.50. The summed E-state index contributed by atoms with van der Waals surface area (Å²) >= 11 is 0. The molecule has 0 fully saturated rings. The lowest BCUT2D eigenvalue weighted by molar-refractivity contribution is 0.954. The molecule has 0 aromatic carbocycles. The van der Waals surface area contributed by atoms with Crippen LogP contribution in [0.15, 0.2) is 12.1 Å². The Balaban J connectivity index is 2.95. The van der Waals surface area contributed by atoms with Crippen LogP contribution < -0.4 is 0 Å². The molecule has 43 valence electrons. The maximum Gasteiger partial charge on any atom is 0.202 e. The Labute approximate surface area is 50.9 Å². The summed E-state index contributed by atoms with van der Waals surface area (Å²) in [6.45, 7) is 0. The third-order valence-corrected chi connectivity index (χ3v) is 1.05. The fraction of sp³-hybridized carbons (Fsp3) is 0. The van der Waals surface area contributed by atoms with Gasteiger partial charge in [-0.25, -0.2) is 4.98 Å². The van der Waals surface area contributed by atoms with Gasteiger partial charge in [0.1, 0.15) is 5.52 Å². The van der Waals surface area contributed by atoms with Gasteiger partial charge in [0.25, 0.3) is 0 Å². The number of pyridine rings is 1. The van der Waals surface area contributed by atoms with Gasteiger partial charge in [0, 0.05) is 0 Å². The highest BCUT2D eigenvalue weighted by Gasteiger charge is 1.92. The maximum absolute atomic E-state index is 3.81. The Kier molecular flexibility index (Phi) is 0.745. The summed E-state index contributed by atoms with van der Waals surface area (Å²) in [5.74, 6) is 0. The number of hydrogen-bond acceptors (Lipinski definition) is 3. The first-order valence-electron chi connectivity index (χ1n) is 2.51. The quantitative estimate of drug-likeness (QED) is 0.537. The number of hydrogen-bond donors (Lipinski definition) is 1. The highest BCUT2D eigenvalue weighted by Crippen LogP contribution is 1.98. The zero-order valence-electron chi connectivity index (χ0n) is 4.50. The monoisotopic (exact) mass is 119 g/mol. The molecule has 0 bridgehead atoms. The minimum absolute atomic E-state index is 0.609. The van der Waals surface area contributed by atoms with Gasteiger partial charge in [-0.2, -0.15) is 0 Å². The van der Waals surface area contributed by atoms with Crippen molar-refractivity contribution in [3.8, 4) is 0 Å². The molecule has 0 aliphatic heterocycles. The van der Waals surface area contributed by atoms with Crippen LogP contribution in [0.4, 0.5) is 0 Å². The number of H-pyrrole nitrogens is 1. The molecule has 0 spiro atoms. The van der Waals surface area contributed by atoms with Crippen molar-refractivity contribution in [3.63, 3.8) is 0 Å². The number of nitrogens with one attached hydrogen (secondary N) is 1. The molecule has 4 nitrogen and oxygen atoms in total. The Hall–Kier alpha value is -1.45. The van der Waals surface area contributed by atoms with Crippen molar-refractivity contribution >= 4 is 11.2 Å². The molecule has 0 saturated carbocycles. The van der Waals surface area contributed by atoms with Gasteiger partial charge in [-0.15, -0.1) is 5.10 Å². The number of nitrogens with zero attached hydrogens (tertiary/aromatic N) is 3. The summed E-state index contributed by atoms with van der Waals surface area (Å²) in [5.41, 5.74) is 1.45. The maximum atomic E-state index is 3.81. The van der Waals surface area contributed by atoms with E-state index in [1.54, 1.807) is 6.07 Å². The van der Waals surface area contributed by atoms with Crippen LogP contribution in [0.1, 0.15) is 0 Å². The van der Waals surface area contributed by atoms with E-state index in [9.17, 15) is 0 Å². The van der Waals surface area contributed by atoms with E-state index in [2.05, 4.69) is 26.6 Å². The van der Waals surface area contributed by atoms with Crippen LogP contribution in [0.5, 0.6) is 0 Å². The SMILES string of the molecule is [c]1ccc2[nH]nnc2n1. The van der Waals surface area contributed by atoms with E-state index >= 15 is 0 Å². The third-order valence-electron chi connectivity index (χ3n) is 1.05. The first kappa shape index (κ1) is 4.43. The summed E-state index contributed by atoms with van der Waals surface area (Å²) in [6.07, 6.45) is 2.65. The highest BCUT2D eigenvalue weighted by atomic mass is 15.3. The summed E-state index contributed by atoms with van der Waals surface area (Å²) < 4.78 is 0. The van der Waals surface area contributed by atoms with E-state index in [0.717, 1.165) is 5.52 Å². The Morgan fingerprint density at radius 1 is 1.56 bits per heavy atom. The summed E-state index contributed by atoms with van der Waals surface area (Å²) in [5, 5.41) is 9.89. The number of aromatic nitrogens is 4. The van der Waals surface area contributed by atoms with Gasteiger partial charge in [-0.1, -0.05) is 5.21 Å². The average Bonchev–Trinajstić information content (AvgIpc) is 2.33. The van der Waals surface area contributed by atoms with E-state index in [0.29, 0.717) is 5.65 Å². The molecule has 9 heavy (non-hydrogen) atoms. The molecule has 0 aliphatic rings. The fourth-order valence-corrected chi connectivity index (χ4v) is 0.643. The molecule has 4 heteroatoms. The van der Waals surface area contributed by atoms with Gasteiger partial charge in [-0.3, -0.25) is 5.10 Å². The lowest BCUT2D eigenvalue weighted by Crippen LogP contribution is -1.72. The van der Waals surface area contributed by atoms with Gasteiger partial charge in [0.2, 0.25) is 5.65 Å². The number of rotatable bonds is 0. The lowest BCUT2D eigenvalue weighted by atomic mass is 10.4. The first-order chi connectivity index (χ1) is 4.47. The molecule has 2 heterocycles. The van der Waals surface area contributed by atoms with Gasteiger partial charge in [0.05, 0.1) is 6.20 Å². The minimum atomic E-state index is 0.609. The van der Waals surface area contributed by atoms with Gasteiger partial charge in [0.15, 0.2) is 0 Å². The zero-order chi connectivity index (χ0) is 6.10. The van der Waals surface area contributed by atoms with Crippen molar-refractivity contribution in [1.82, 2.24) is 20.4 Å². The molecule has 2 rings (SSSR count). The van der Waals surface area contributed by atoms with E-state index < -0.39 is 0 Å². The molecular weight excluding hydrogens is 116 g/mol. The van der Waals surface area contributed by atoms with Crippen LogP contribution in [-0.4, -0.2) is 20.4 Å². The van der Waals surface area contributed by atoms with E-state index in [-0.39, 0.29) is 0 Å². The molecule has 0 atom stereocenters. The normalized spacial score (nSPS) is 10.2. The van der Waals surface area contributed by atoms with Crippen molar-refractivity contribution in [2.24, 2.45) is 0 Å². The molecule has 2 aromatic heterocycles. The predicted molar refractivity (Wildman–Crippen MR) is 30.5 cm³/mol. The second-order valence-electron chi connectivity index (χ2n) is 1.62. The van der Waals surface area contributed by atoms with E-state index in [4.69, 9.17) is 0 Å². The van der Waals surface area contributed by atoms with Crippen molar-refractivity contribution in [1.29, 1.82) is 0 Å². The standard InChI is InChI=1S/C5H3N4/c1-2-4-5(6-3-1)8-9-7-4/h1-2H,(H,6,7,8,9). The molecule has 2 aromatic rings. The summed E-state index contributed by atoms with van der Waals surface area (Å²) in [4.78, 5) is 3.81. The van der Waals surface area contributed by atoms with Gasteiger partial charge >= 0.3 is 0 Å². The largest absolute Gasteiger partial charge is 0.256 e. The van der Waals surface area contributed by atoms with Crippen LogP contribution >= 0.6 is 0 Å². The van der Waals surface area contributed by atoms with E-state index in [1.165, 1.54) is 0 Å². The van der Waals surface area contributed by atoms with Crippen LogP contribution in [0.3, 0.4) is 0 Å². The first-order valence-corrected chi connectivity index (χ1v) is 2.51. The molecule has 1 N–H and O–H groups in total. The number of fused-ring (bicyclic) bond motifs is 1. The molecule has 0 amide bonds. The Morgan fingerprint density at radius 2 is 2.56 bits per heavy atom. The molecule has 0 aliphatic carbocycles. The molecule has 0 saturated heterocycles. The lowest BCUT2D eigenvalue weighted by Gasteiger charge is -1.77. The van der Waals surface area contributed by atoms with Gasteiger partial charge in [-0.05, 0) is 12.1 Å². The summed E-state index contributed by atoms with van der Waals surface area (Å²) in [6, 6.07) is 3.53. The second-order valence-corrected chi connectivity index (χ2v) is 1.62. The Bertz CT molecular complexity index is 283. The van der Waals surface area contributed by atoms with Crippen molar-refractivity contribution in [3.05, 3.63) is 18.3 Å². The number of aromatic amines is 1. The third kappa shape index (κ3) is 0.561. The fourth-order valence-electron chi connectivity index (χ4n) is 0.643. The van der Waals surface area contributed by atoms with Crippen molar-refractivity contribution in [2.75, 3.05) is 0 Å². The molecular formula is C5H3N4. The average molecular weight is 119 g/mol. The topological polar surface area (TPSA) is 54.5 Å². The summed E-state index contributed by atoms with van der Waals surface area (Å²) in [7, 11) is 0. The van der Waals surface area contributed by atoms with E-state index in [1.807, 2.05) is 6.07 Å². The van der Waals surface area contributed by atoms with Gasteiger partial charge < -0.3 is 0 Å². The van der Waals surface area contributed by atoms with Crippen LogP contribution in [0.25, 0.3) is 11.2 Å². The predicted octanol–water partition coefficient (Wildman–Crippen LogP) is 0.153. The Morgan fingerprint density at radius 3 is 3.44 bits per heavy atom. The van der Waals surface area contributed by atoms with Crippen molar-refractivity contribution < 1.29 is 0 Å². The molecule has 0 unspecified atom stereocenters.